The molecule has 17 heavy (non-hydrogen) atoms. The molecule has 1 aromatic heterocycles. The van der Waals surface area contributed by atoms with Crippen molar-refractivity contribution in [2.45, 2.75) is 39.2 Å². The number of hydrogen-bond acceptors (Lipinski definition) is 5. The molecule has 1 heterocycles. The van der Waals surface area contributed by atoms with Gasteiger partial charge in [0.05, 0.1) is 0 Å². The van der Waals surface area contributed by atoms with Crippen LogP contribution in [0, 0.1) is 0 Å². The lowest BCUT2D eigenvalue weighted by Gasteiger charge is -2.20. The van der Waals surface area contributed by atoms with Crippen LogP contribution in [0.15, 0.2) is 10.9 Å². The predicted molar refractivity (Wildman–Crippen MR) is 63.4 cm³/mol. The van der Waals surface area contributed by atoms with Gasteiger partial charge in [0.2, 0.25) is 11.8 Å². The first-order valence-electron chi connectivity index (χ1n) is 5.75. The lowest BCUT2D eigenvalue weighted by atomic mass is 10.1. The maximum absolute atomic E-state index is 11.4. The molecule has 0 aliphatic carbocycles. The van der Waals surface area contributed by atoms with E-state index in [2.05, 4.69) is 41.5 Å². The standard InChI is InChI=1S/C11H20N4O2/c1-11(2,3)14-7-4-9(16)12-6-5-10-13-8-15-17-10/h8,14H,4-7H2,1-3H3,(H,12,16). The van der Waals surface area contributed by atoms with Crippen LogP contribution in [0.4, 0.5) is 0 Å². The molecule has 0 spiro atoms. The summed E-state index contributed by atoms with van der Waals surface area (Å²) in [6.07, 6.45) is 2.39. The van der Waals surface area contributed by atoms with Crippen molar-refractivity contribution in [3.05, 3.63) is 12.2 Å². The second kappa shape index (κ2) is 6.34. The van der Waals surface area contributed by atoms with E-state index in [0.717, 1.165) is 0 Å². The zero-order valence-corrected chi connectivity index (χ0v) is 10.6. The summed E-state index contributed by atoms with van der Waals surface area (Å²) >= 11 is 0. The third-order valence-electron chi connectivity index (χ3n) is 2.08. The van der Waals surface area contributed by atoms with E-state index >= 15 is 0 Å². The summed E-state index contributed by atoms with van der Waals surface area (Å²) in [6, 6.07) is 0. The van der Waals surface area contributed by atoms with Gasteiger partial charge in [-0.3, -0.25) is 4.79 Å². The number of nitrogens with one attached hydrogen (secondary N) is 2. The van der Waals surface area contributed by atoms with Crippen LogP contribution in [0.1, 0.15) is 33.1 Å². The Morgan fingerprint density at radius 3 is 2.76 bits per heavy atom. The SMILES string of the molecule is CC(C)(C)NCCC(=O)NCCc1ncno1. The Balaban J connectivity index is 2.05. The van der Waals surface area contributed by atoms with Gasteiger partial charge >= 0.3 is 0 Å². The number of rotatable bonds is 6. The molecule has 6 nitrogen and oxygen atoms in total. The molecule has 0 unspecified atom stereocenters. The highest BCUT2D eigenvalue weighted by atomic mass is 16.5. The summed E-state index contributed by atoms with van der Waals surface area (Å²) in [7, 11) is 0. The van der Waals surface area contributed by atoms with E-state index in [-0.39, 0.29) is 11.4 Å². The minimum absolute atomic E-state index is 0.0289. The van der Waals surface area contributed by atoms with Crippen molar-refractivity contribution in [3.8, 4) is 0 Å². The summed E-state index contributed by atoms with van der Waals surface area (Å²) in [4.78, 5) is 15.3. The molecule has 0 atom stereocenters. The first-order chi connectivity index (χ1) is 7.97. The monoisotopic (exact) mass is 240 g/mol. The maximum Gasteiger partial charge on any atom is 0.228 e. The normalized spacial score (nSPS) is 11.5. The second-order valence-corrected chi connectivity index (χ2v) is 4.86. The van der Waals surface area contributed by atoms with Crippen molar-refractivity contribution >= 4 is 5.91 Å². The number of carbonyl (C=O) groups excluding carboxylic acids is 1. The Morgan fingerprint density at radius 1 is 1.41 bits per heavy atom. The lowest BCUT2D eigenvalue weighted by molar-refractivity contribution is -0.121. The number of hydrogen-bond donors (Lipinski definition) is 2. The maximum atomic E-state index is 11.4. The predicted octanol–water partition coefficient (Wildman–Crippen LogP) is 0.506. The minimum Gasteiger partial charge on any atom is -0.356 e. The molecular weight excluding hydrogens is 220 g/mol. The minimum atomic E-state index is 0.0289. The van der Waals surface area contributed by atoms with Crippen LogP contribution in [0.3, 0.4) is 0 Å². The van der Waals surface area contributed by atoms with E-state index in [1.165, 1.54) is 6.33 Å². The average Bonchev–Trinajstić information content (AvgIpc) is 2.68. The molecule has 0 radical (unpaired) electrons. The zero-order chi connectivity index (χ0) is 12.7. The second-order valence-electron chi connectivity index (χ2n) is 4.86. The van der Waals surface area contributed by atoms with Crippen LogP contribution in [0.2, 0.25) is 0 Å². The highest BCUT2D eigenvalue weighted by molar-refractivity contribution is 5.76. The molecular formula is C11H20N4O2. The number of aromatic nitrogens is 2. The smallest absolute Gasteiger partial charge is 0.228 e. The molecule has 0 bridgehead atoms. The quantitative estimate of drug-likeness (QED) is 0.757. The third-order valence-corrected chi connectivity index (χ3v) is 2.08. The van der Waals surface area contributed by atoms with Gasteiger partial charge in [-0.15, -0.1) is 0 Å². The van der Waals surface area contributed by atoms with Crippen LogP contribution >= 0.6 is 0 Å². The topological polar surface area (TPSA) is 80.0 Å². The first kappa shape index (κ1) is 13.6. The van der Waals surface area contributed by atoms with Crippen LogP contribution in [-0.2, 0) is 11.2 Å². The molecule has 0 saturated carbocycles. The van der Waals surface area contributed by atoms with Gasteiger partial charge in [0, 0.05) is 31.5 Å². The van der Waals surface area contributed by atoms with Gasteiger partial charge < -0.3 is 15.2 Å². The zero-order valence-electron chi connectivity index (χ0n) is 10.6. The Labute approximate surface area is 101 Å². The first-order valence-corrected chi connectivity index (χ1v) is 5.75. The largest absolute Gasteiger partial charge is 0.356 e. The third kappa shape index (κ3) is 6.68. The molecule has 2 N–H and O–H groups in total. The summed E-state index contributed by atoms with van der Waals surface area (Å²) in [6.45, 7) is 7.41. The molecule has 96 valence electrons. The molecule has 0 aliphatic rings. The fourth-order valence-electron chi connectivity index (χ4n) is 1.25. The van der Waals surface area contributed by atoms with Crippen molar-refractivity contribution in [2.75, 3.05) is 13.1 Å². The van der Waals surface area contributed by atoms with Gasteiger partial charge in [-0.25, -0.2) is 0 Å². The van der Waals surface area contributed by atoms with Gasteiger partial charge in [0.1, 0.15) is 0 Å². The Kier molecular flexibility index (Phi) is 5.09. The van der Waals surface area contributed by atoms with Crippen LogP contribution in [0.25, 0.3) is 0 Å². The highest BCUT2D eigenvalue weighted by Gasteiger charge is 2.09. The van der Waals surface area contributed by atoms with E-state index in [1.807, 2.05) is 0 Å². The number of amides is 1. The van der Waals surface area contributed by atoms with Crippen LogP contribution in [-0.4, -0.2) is 34.7 Å². The van der Waals surface area contributed by atoms with E-state index in [9.17, 15) is 4.79 Å². The summed E-state index contributed by atoms with van der Waals surface area (Å²) in [5, 5.41) is 9.54. The molecule has 0 aliphatic heterocycles. The Morgan fingerprint density at radius 2 is 2.18 bits per heavy atom. The Hall–Kier alpha value is -1.43. The molecule has 0 saturated heterocycles. The van der Waals surface area contributed by atoms with Crippen molar-refractivity contribution in [2.24, 2.45) is 0 Å². The number of carbonyl (C=O) groups is 1. The summed E-state index contributed by atoms with van der Waals surface area (Å²) in [5.74, 6) is 0.569. The molecule has 0 fully saturated rings. The van der Waals surface area contributed by atoms with Crippen molar-refractivity contribution in [1.82, 2.24) is 20.8 Å². The average molecular weight is 240 g/mol. The van der Waals surface area contributed by atoms with E-state index in [4.69, 9.17) is 4.52 Å². The van der Waals surface area contributed by atoms with Crippen molar-refractivity contribution < 1.29 is 9.32 Å². The number of nitrogens with zero attached hydrogens (tertiary/aromatic N) is 2. The van der Waals surface area contributed by atoms with E-state index in [0.29, 0.717) is 31.8 Å². The van der Waals surface area contributed by atoms with Gasteiger partial charge in [-0.1, -0.05) is 5.16 Å². The fraction of sp³-hybridized carbons (Fsp3) is 0.727. The summed E-state index contributed by atoms with van der Waals surface area (Å²) in [5.41, 5.74) is 0.0457. The van der Waals surface area contributed by atoms with Gasteiger partial charge in [-0.05, 0) is 20.8 Å². The summed E-state index contributed by atoms with van der Waals surface area (Å²) < 4.78 is 4.82. The van der Waals surface area contributed by atoms with Crippen molar-refractivity contribution in [1.29, 1.82) is 0 Å². The van der Waals surface area contributed by atoms with Crippen LogP contribution in [0.5, 0.6) is 0 Å². The van der Waals surface area contributed by atoms with Gasteiger partial charge in [-0.2, -0.15) is 4.98 Å². The molecule has 1 amide bonds. The molecule has 0 aromatic carbocycles. The van der Waals surface area contributed by atoms with E-state index in [1.54, 1.807) is 0 Å². The van der Waals surface area contributed by atoms with Gasteiger partial charge in [0.25, 0.3) is 0 Å². The highest BCUT2D eigenvalue weighted by Crippen LogP contribution is 1.97. The van der Waals surface area contributed by atoms with Crippen LogP contribution < -0.4 is 10.6 Å². The molecule has 6 heteroatoms. The van der Waals surface area contributed by atoms with Crippen molar-refractivity contribution in [3.63, 3.8) is 0 Å². The molecule has 1 rings (SSSR count). The Bertz CT molecular complexity index is 330. The lowest BCUT2D eigenvalue weighted by Crippen LogP contribution is -2.38. The molecule has 1 aromatic rings. The van der Waals surface area contributed by atoms with Gasteiger partial charge in [0.15, 0.2) is 6.33 Å². The fourth-order valence-corrected chi connectivity index (χ4v) is 1.25. The van der Waals surface area contributed by atoms with E-state index < -0.39 is 0 Å².